The number of carbonyl (C=O) groups is 2. The van der Waals surface area contributed by atoms with Crippen LogP contribution in [0, 0.1) is 0 Å². The Kier molecular flexibility index (Phi) is 8.05. The van der Waals surface area contributed by atoms with Gasteiger partial charge in [-0.2, -0.15) is 0 Å². The maximum atomic E-state index is 12.1. The van der Waals surface area contributed by atoms with Crippen molar-refractivity contribution in [3.63, 3.8) is 0 Å². The van der Waals surface area contributed by atoms with E-state index in [2.05, 4.69) is 4.72 Å². The summed E-state index contributed by atoms with van der Waals surface area (Å²) in [6, 6.07) is 7.88. The topological polar surface area (TPSA) is 92.8 Å². The summed E-state index contributed by atoms with van der Waals surface area (Å²) in [7, 11) is -3.66. The fourth-order valence-electron chi connectivity index (χ4n) is 2.43. The third-order valence-electron chi connectivity index (χ3n) is 3.43. The highest BCUT2D eigenvalue weighted by atomic mass is 32.2. The maximum absolute atomic E-state index is 12.1. The number of ether oxygens (including phenoxy) is 1. The van der Waals surface area contributed by atoms with E-state index < -0.39 is 16.0 Å². The van der Waals surface area contributed by atoms with Crippen LogP contribution >= 0.6 is 0 Å². The number of hydrogen-bond acceptors (Lipinski definition) is 5. The number of nitrogens with zero attached hydrogens (tertiary/aromatic N) is 1. The molecule has 1 rings (SSSR count). The Labute approximate surface area is 149 Å². The van der Waals surface area contributed by atoms with Gasteiger partial charge in [-0.05, 0) is 39.8 Å². The molecule has 0 unspecified atom stereocenters. The standard InChI is InChI=1S/C17H26N2O5S/c1-13(2)19(14(3)4)16(20)12-24-17(21)10-11-18-25(22,23)15-8-6-5-7-9-15/h5-9,13-14,18H,10-12H2,1-4H3. The second-order valence-corrected chi connectivity index (χ2v) is 7.88. The molecule has 8 heteroatoms. The van der Waals surface area contributed by atoms with E-state index in [4.69, 9.17) is 4.74 Å². The predicted octanol–water partition coefficient (Wildman–Crippen LogP) is 1.54. The molecule has 0 aliphatic carbocycles. The fraction of sp³-hybridized carbons (Fsp3) is 0.529. The molecule has 1 N–H and O–H groups in total. The molecule has 1 amide bonds. The molecule has 1 aromatic rings. The molecule has 0 aliphatic rings. The summed E-state index contributed by atoms with van der Waals surface area (Å²) in [6.07, 6.45) is -0.150. The number of nitrogens with one attached hydrogen (secondary N) is 1. The minimum absolute atomic E-state index is 0.00360. The number of esters is 1. The van der Waals surface area contributed by atoms with Crippen molar-refractivity contribution in [3.8, 4) is 0 Å². The van der Waals surface area contributed by atoms with Crippen LogP contribution in [0.1, 0.15) is 34.1 Å². The predicted molar refractivity (Wildman–Crippen MR) is 94.3 cm³/mol. The van der Waals surface area contributed by atoms with Gasteiger partial charge in [0.25, 0.3) is 5.91 Å². The zero-order chi connectivity index (χ0) is 19.0. The van der Waals surface area contributed by atoms with Crippen LogP contribution in [0.5, 0.6) is 0 Å². The normalized spacial score (nSPS) is 11.6. The van der Waals surface area contributed by atoms with Gasteiger partial charge in [-0.15, -0.1) is 0 Å². The van der Waals surface area contributed by atoms with Crippen LogP contribution in [0.4, 0.5) is 0 Å². The summed E-state index contributed by atoms with van der Waals surface area (Å²) in [6.45, 7) is 7.11. The first-order valence-corrected chi connectivity index (χ1v) is 9.65. The van der Waals surface area contributed by atoms with Crippen molar-refractivity contribution in [2.45, 2.75) is 51.1 Å². The Hall–Kier alpha value is -1.93. The highest BCUT2D eigenvalue weighted by molar-refractivity contribution is 7.89. The number of sulfonamides is 1. The first-order valence-electron chi connectivity index (χ1n) is 8.16. The first-order chi connectivity index (χ1) is 11.6. The van der Waals surface area contributed by atoms with E-state index in [1.54, 1.807) is 23.1 Å². The average Bonchev–Trinajstić information content (AvgIpc) is 2.53. The summed E-state index contributed by atoms with van der Waals surface area (Å²) in [5.74, 6) is -0.903. The first kappa shape index (κ1) is 21.1. The Morgan fingerprint density at radius 1 is 1.08 bits per heavy atom. The lowest BCUT2D eigenvalue weighted by atomic mass is 10.2. The van der Waals surface area contributed by atoms with Crippen molar-refractivity contribution in [2.24, 2.45) is 0 Å². The lowest BCUT2D eigenvalue weighted by molar-refractivity contribution is -0.153. The molecule has 7 nitrogen and oxygen atoms in total. The van der Waals surface area contributed by atoms with Crippen LogP contribution in [-0.2, 0) is 24.3 Å². The Morgan fingerprint density at radius 3 is 2.16 bits per heavy atom. The van der Waals surface area contributed by atoms with Crippen LogP contribution in [0.3, 0.4) is 0 Å². The van der Waals surface area contributed by atoms with Crippen LogP contribution in [0.25, 0.3) is 0 Å². The monoisotopic (exact) mass is 370 g/mol. The zero-order valence-corrected chi connectivity index (χ0v) is 15.9. The van der Waals surface area contributed by atoms with Gasteiger partial charge in [0.05, 0.1) is 11.3 Å². The van der Waals surface area contributed by atoms with Gasteiger partial charge < -0.3 is 9.64 Å². The van der Waals surface area contributed by atoms with Gasteiger partial charge in [0.2, 0.25) is 10.0 Å². The van der Waals surface area contributed by atoms with E-state index in [-0.39, 0.29) is 42.5 Å². The molecule has 0 aliphatic heterocycles. The van der Waals surface area contributed by atoms with Gasteiger partial charge in [-0.1, -0.05) is 18.2 Å². The van der Waals surface area contributed by atoms with E-state index in [1.165, 1.54) is 12.1 Å². The molecule has 0 aromatic heterocycles. The van der Waals surface area contributed by atoms with Crippen LogP contribution < -0.4 is 4.72 Å². The van der Waals surface area contributed by atoms with Crippen LogP contribution in [-0.4, -0.2) is 50.4 Å². The molecule has 0 spiro atoms. The van der Waals surface area contributed by atoms with Crippen molar-refractivity contribution >= 4 is 21.9 Å². The largest absolute Gasteiger partial charge is 0.456 e. The van der Waals surface area contributed by atoms with Gasteiger partial charge in [0.15, 0.2) is 6.61 Å². The minimum Gasteiger partial charge on any atom is -0.456 e. The van der Waals surface area contributed by atoms with Crippen molar-refractivity contribution in [1.82, 2.24) is 9.62 Å². The Morgan fingerprint density at radius 2 is 1.64 bits per heavy atom. The maximum Gasteiger partial charge on any atom is 0.307 e. The van der Waals surface area contributed by atoms with E-state index in [0.29, 0.717) is 0 Å². The van der Waals surface area contributed by atoms with E-state index in [9.17, 15) is 18.0 Å². The molecule has 0 bridgehead atoms. The van der Waals surface area contributed by atoms with E-state index >= 15 is 0 Å². The van der Waals surface area contributed by atoms with Gasteiger partial charge in [0, 0.05) is 18.6 Å². The molecule has 0 radical (unpaired) electrons. The second kappa shape index (κ2) is 9.53. The highest BCUT2D eigenvalue weighted by Gasteiger charge is 2.21. The molecule has 1 aromatic carbocycles. The number of benzene rings is 1. The van der Waals surface area contributed by atoms with Gasteiger partial charge in [-0.25, -0.2) is 13.1 Å². The SMILES string of the molecule is CC(C)N(C(=O)COC(=O)CCNS(=O)(=O)c1ccccc1)C(C)C. The summed E-state index contributed by atoms with van der Waals surface area (Å²) in [5, 5.41) is 0. The Balaban J connectivity index is 2.42. The van der Waals surface area contributed by atoms with E-state index in [0.717, 1.165) is 0 Å². The lowest BCUT2D eigenvalue weighted by Gasteiger charge is -2.30. The van der Waals surface area contributed by atoms with Gasteiger partial charge >= 0.3 is 5.97 Å². The summed E-state index contributed by atoms with van der Waals surface area (Å²) >= 11 is 0. The van der Waals surface area contributed by atoms with E-state index in [1.807, 2.05) is 27.7 Å². The highest BCUT2D eigenvalue weighted by Crippen LogP contribution is 2.07. The van der Waals surface area contributed by atoms with Crippen molar-refractivity contribution in [2.75, 3.05) is 13.2 Å². The molecule has 0 saturated heterocycles. The zero-order valence-electron chi connectivity index (χ0n) is 15.1. The van der Waals surface area contributed by atoms with Crippen molar-refractivity contribution in [1.29, 1.82) is 0 Å². The minimum atomic E-state index is -3.66. The molecule has 0 heterocycles. The Bertz CT molecular complexity index is 664. The number of hydrogen-bond donors (Lipinski definition) is 1. The summed E-state index contributed by atoms with van der Waals surface area (Å²) in [4.78, 5) is 25.5. The fourth-order valence-corrected chi connectivity index (χ4v) is 3.48. The van der Waals surface area contributed by atoms with Crippen LogP contribution in [0.2, 0.25) is 0 Å². The molecule has 140 valence electrons. The molecule has 25 heavy (non-hydrogen) atoms. The average molecular weight is 370 g/mol. The quantitative estimate of drug-likeness (QED) is 0.666. The molecule has 0 fully saturated rings. The smallest absolute Gasteiger partial charge is 0.307 e. The summed E-state index contributed by atoms with van der Waals surface area (Å²) in [5.41, 5.74) is 0. The van der Waals surface area contributed by atoms with Crippen molar-refractivity contribution in [3.05, 3.63) is 30.3 Å². The molecule has 0 saturated carbocycles. The van der Waals surface area contributed by atoms with Gasteiger partial charge in [0.1, 0.15) is 0 Å². The molecular weight excluding hydrogens is 344 g/mol. The number of carbonyl (C=O) groups excluding carboxylic acids is 2. The third kappa shape index (κ3) is 6.83. The second-order valence-electron chi connectivity index (χ2n) is 6.11. The number of amides is 1. The lowest BCUT2D eigenvalue weighted by Crippen LogP contribution is -2.44. The molecular formula is C17H26N2O5S. The van der Waals surface area contributed by atoms with Crippen molar-refractivity contribution < 1.29 is 22.7 Å². The van der Waals surface area contributed by atoms with Gasteiger partial charge in [-0.3, -0.25) is 9.59 Å². The number of rotatable bonds is 9. The molecule has 0 atom stereocenters. The third-order valence-corrected chi connectivity index (χ3v) is 4.91. The summed E-state index contributed by atoms with van der Waals surface area (Å²) < 4.78 is 31.3. The van der Waals surface area contributed by atoms with Crippen LogP contribution in [0.15, 0.2) is 35.2 Å².